The number of rotatable bonds is 5. The molecule has 0 aliphatic carbocycles. The Bertz CT molecular complexity index is 307. The van der Waals surface area contributed by atoms with Gasteiger partial charge in [0.2, 0.25) is 0 Å². The highest BCUT2D eigenvalue weighted by atomic mass is 35.5. The molecule has 1 heterocycles. The molecule has 0 aromatic carbocycles. The molecule has 0 aliphatic rings. The molecule has 78 valence electrons. The molecule has 0 amide bonds. The molecule has 0 radical (unpaired) electrons. The van der Waals surface area contributed by atoms with Crippen molar-refractivity contribution in [2.45, 2.75) is 6.42 Å². The summed E-state index contributed by atoms with van der Waals surface area (Å²) in [7, 11) is 1.91. The zero-order valence-corrected chi connectivity index (χ0v) is 9.52. The van der Waals surface area contributed by atoms with E-state index in [1.807, 2.05) is 19.4 Å². The zero-order valence-electron chi connectivity index (χ0n) is 8.00. The Hall–Kier alpha value is -0.510. The van der Waals surface area contributed by atoms with Crippen molar-refractivity contribution in [2.24, 2.45) is 7.05 Å². The molecular formula is C9H13Cl2N3. The van der Waals surface area contributed by atoms with E-state index in [2.05, 4.69) is 10.4 Å². The fourth-order valence-electron chi connectivity index (χ4n) is 1.08. The first kappa shape index (κ1) is 11.6. The van der Waals surface area contributed by atoms with E-state index in [0.29, 0.717) is 11.6 Å². The van der Waals surface area contributed by atoms with Crippen molar-refractivity contribution in [2.75, 3.05) is 13.1 Å². The maximum Gasteiger partial charge on any atom is 0.0522 e. The fraction of sp³-hybridized carbons (Fsp3) is 0.444. The Morgan fingerprint density at radius 2 is 2.50 bits per heavy atom. The maximum atomic E-state index is 5.70. The molecule has 1 N–H and O–H groups in total. The SMILES string of the molecule is Cn1cc(CCNC/C(Cl)=C/Cl)cn1. The second-order valence-corrected chi connectivity index (χ2v) is 3.71. The van der Waals surface area contributed by atoms with Gasteiger partial charge < -0.3 is 5.32 Å². The minimum atomic E-state index is 0.616. The Morgan fingerprint density at radius 1 is 1.71 bits per heavy atom. The zero-order chi connectivity index (χ0) is 10.4. The topological polar surface area (TPSA) is 29.9 Å². The van der Waals surface area contributed by atoms with Crippen molar-refractivity contribution in [3.8, 4) is 0 Å². The van der Waals surface area contributed by atoms with Crippen LogP contribution in [0.5, 0.6) is 0 Å². The molecule has 0 spiro atoms. The molecule has 3 nitrogen and oxygen atoms in total. The Balaban J connectivity index is 2.16. The second kappa shape index (κ2) is 6.06. The van der Waals surface area contributed by atoms with Gasteiger partial charge in [-0.05, 0) is 18.5 Å². The minimum Gasteiger partial charge on any atom is -0.311 e. The molecule has 0 saturated heterocycles. The second-order valence-electron chi connectivity index (χ2n) is 3.01. The van der Waals surface area contributed by atoms with E-state index in [4.69, 9.17) is 23.2 Å². The van der Waals surface area contributed by atoms with Crippen molar-refractivity contribution in [1.82, 2.24) is 15.1 Å². The molecular weight excluding hydrogens is 221 g/mol. The van der Waals surface area contributed by atoms with Crippen LogP contribution < -0.4 is 5.32 Å². The lowest BCUT2D eigenvalue weighted by Crippen LogP contribution is -2.18. The number of aromatic nitrogens is 2. The molecule has 0 fully saturated rings. The van der Waals surface area contributed by atoms with Gasteiger partial charge in [-0.25, -0.2) is 0 Å². The van der Waals surface area contributed by atoms with Gasteiger partial charge in [-0.15, -0.1) is 0 Å². The van der Waals surface area contributed by atoms with E-state index in [0.717, 1.165) is 13.0 Å². The largest absolute Gasteiger partial charge is 0.311 e. The minimum absolute atomic E-state index is 0.616. The van der Waals surface area contributed by atoms with Crippen LogP contribution in [0.2, 0.25) is 0 Å². The fourth-order valence-corrected chi connectivity index (χ4v) is 1.25. The van der Waals surface area contributed by atoms with E-state index in [1.165, 1.54) is 11.1 Å². The van der Waals surface area contributed by atoms with Crippen LogP contribution in [0.3, 0.4) is 0 Å². The van der Waals surface area contributed by atoms with Crippen LogP contribution in [-0.4, -0.2) is 22.9 Å². The standard InChI is InChI=1S/C9H13Cl2N3/c1-14-7-8(5-13-14)2-3-12-6-9(11)4-10/h4-5,7,12H,2-3,6H2,1H3/b9-4-. The quantitative estimate of drug-likeness (QED) is 0.788. The number of aryl methyl sites for hydroxylation is 1. The van der Waals surface area contributed by atoms with Gasteiger partial charge in [0, 0.05) is 30.4 Å². The molecule has 1 aromatic heterocycles. The predicted molar refractivity (Wildman–Crippen MR) is 59.6 cm³/mol. The normalized spacial score (nSPS) is 12.1. The smallest absolute Gasteiger partial charge is 0.0522 e. The van der Waals surface area contributed by atoms with E-state index >= 15 is 0 Å². The van der Waals surface area contributed by atoms with Crippen molar-refractivity contribution < 1.29 is 0 Å². The van der Waals surface area contributed by atoms with E-state index in [1.54, 1.807) is 4.68 Å². The predicted octanol–water partition coefficient (Wildman–Crippen LogP) is 1.87. The molecule has 0 unspecified atom stereocenters. The summed E-state index contributed by atoms with van der Waals surface area (Å²) in [6.45, 7) is 1.48. The third kappa shape index (κ3) is 4.13. The van der Waals surface area contributed by atoms with Crippen LogP contribution in [-0.2, 0) is 13.5 Å². The third-order valence-electron chi connectivity index (χ3n) is 1.76. The first-order valence-electron chi connectivity index (χ1n) is 4.35. The summed E-state index contributed by atoms with van der Waals surface area (Å²) >= 11 is 11.1. The summed E-state index contributed by atoms with van der Waals surface area (Å²) in [5, 5.41) is 7.87. The summed E-state index contributed by atoms with van der Waals surface area (Å²) in [6, 6.07) is 0. The number of halogens is 2. The summed E-state index contributed by atoms with van der Waals surface area (Å²) < 4.78 is 1.79. The summed E-state index contributed by atoms with van der Waals surface area (Å²) in [6.07, 6.45) is 4.81. The maximum absolute atomic E-state index is 5.70. The van der Waals surface area contributed by atoms with Gasteiger partial charge in [-0.1, -0.05) is 23.2 Å². The van der Waals surface area contributed by atoms with Gasteiger partial charge in [-0.2, -0.15) is 5.10 Å². The van der Waals surface area contributed by atoms with Crippen molar-refractivity contribution in [1.29, 1.82) is 0 Å². The van der Waals surface area contributed by atoms with Crippen molar-refractivity contribution in [3.05, 3.63) is 28.5 Å². The number of hydrogen-bond acceptors (Lipinski definition) is 2. The van der Waals surface area contributed by atoms with E-state index in [9.17, 15) is 0 Å². The average molecular weight is 234 g/mol. The highest BCUT2D eigenvalue weighted by Crippen LogP contribution is 2.01. The Morgan fingerprint density at radius 3 is 3.07 bits per heavy atom. The lowest BCUT2D eigenvalue weighted by molar-refractivity contribution is 0.737. The average Bonchev–Trinajstić information content (AvgIpc) is 2.58. The van der Waals surface area contributed by atoms with Crippen LogP contribution in [0.15, 0.2) is 23.0 Å². The van der Waals surface area contributed by atoms with E-state index in [-0.39, 0.29) is 0 Å². The van der Waals surface area contributed by atoms with Crippen molar-refractivity contribution in [3.63, 3.8) is 0 Å². The summed E-state index contributed by atoms with van der Waals surface area (Å²) in [5.74, 6) is 0. The molecule has 1 aromatic rings. The Kier molecular flexibility index (Phi) is 5.01. The van der Waals surface area contributed by atoms with Crippen LogP contribution >= 0.6 is 23.2 Å². The summed E-state index contributed by atoms with van der Waals surface area (Å²) in [4.78, 5) is 0. The molecule has 0 saturated carbocycles. The molecule has 0 bridgehead atoms. The van der Waals surface area contributed by atoms with Gasteiger partial charge in [0.25, 0.3) is 0 Å². The first-order valence-corrected chi connectivity index (χ1v) is 5.17. The monoisotopic (exact) mass is 233 g/mol. The van der Waals surface area contributed by atoms with Gasteiger partial charge >= 0.3 is 0 Å². The van der Waals surface area contributed by atoms with Crippen LogP contribution in [0.4, 0.5) is 0 Å². The summed E-state index contributed by atoms with van der Waals surface area (Å²) in [5.41, 5.74) is 2.59. The third-order valence-corrected chi connectivity index (χ3v) is 2.38. The van der Waals surface area contributed by atoms with Crippen molar-refractivity contribution >= 4 is 23.2 Å². The molecule has 5 heteroatoms. The lowest BCUT2D eigenvalue weighted by atomic mass is 10.2. The number of hydrogen-bond donors (Lipinski definition) is 1. The highest BCUT2D eigenvalue weighted by Gasteiger charge is 1.96. The first-order chi connectivity index (χ1) is 6.72. The van der Waals surface area contributed by atoms with E-state index < -0.39 is 0 Å². The number of nitrogens with one attached hydrogen (secondary N) is 1. The number of nitrogens with zero attached hydrogens (tertiary/aromatic N) is 2. The van der Waals surface area contributed by atoms with Crippen LogP contribution in [0, 0.1) is 0 Å². The highest BCUT2D eigenvalue weighted by molar-refractivity contribution is 6.36. The van der Waals surface area contributed by atoms with Gasteiger partial charge in [-0.3, -0.25) is 4.68 Å². The van der Waals surface area contributed by atoms with Gasteiger partial charge in [0.15, 0.2) is 0 Å². The molecule has 0 aliphatic heterocycles. The molecule has 1 rings (SSSR count). The molecule has 0 atom stereocenters. The van der Waals surface area contributed by atoms with Crippen LogP contribution in [0.1, 0.15) is 5.56 Å². The van der Waals surface area contributed by atoms with Crippen LogP contribution in [0.25, 0.3) is 0 Å². The lowest BCUT2D eigenvalue weighted by Gasteiger charge is -2.01. The molecule has 14 heavy (non-hydrogen) atoms. The Labute approximate surface area is 93.7 Å². The van der Waals surface area contributed by atoms with Gasteiger partial charge in [0.05, 0.1) is 6.20 Å². The van der Waals surface area contributed by atoms with Gasteiger partial charge in [0.1, 0.15) is 0 Å².